The van der Waals surface area contributed by atoms with Crippen molar-refractivity contribution in [2.75, 3.05) is 24.2 Å². The molecule has 0 atom stereocenters. The van der Waals surface area contributed by atoms with E-state index in [2.05, 4.69) is 15.5 Å². The minimum absolute atomic E-state index is 0.0608. The molecule has 104 valence electrons. The normalized spacial score (nSPS) is 15.3. The van der Waals surface area contributed by atoms with Gasteiger partial charge in [-0.2, -0.15) is 0 Å². The van der Waals surface area contributed by atoms with Crippen molar-refractivity contribution in [1.82, 2.24) is 15.1 Å². The fourth-order valence-electron chi connectivity index (χ4n) is 1.71. The second-order valence-corrected chi connectivity index (χ2v) is 6.23. The molecule has 0 aromatic carbocycles. The molecule has 1 aromatic rings. The van der Waals surface area contributed by atoms with Gasteiger partial charge in [0.25, 0.3) is 0 Å². The molecule has 0 aliphatic carbocycles. The molecule has 0 spiro atoms. The minimum Gasteiger partial charge on any atom is -0.481 e. The van der Waals surface area contributed by atoms with Gasteiger partial charge < -0.3 is 10.0 Å². The van der Waals surface area contributed by atoms with E-state index in [1.54, 1.807) is 4.90 Å². The van der Waals surface area contributed by atoms with Gasteiger partial charge in [-0.05, 0) is 19.3 Å². The van der Waals surface area contributed by atoms with E-state index >= 15 is 0 Å². The number of likely N-dealkylation sites (tertiary alicyclic amines) is 1. The fourth-order valence-corrected chi connectivity index (χ4v) is 3.17. The summed E-state index contributed by atoms with van der Waals surface area (Å²) in [4.78, 5) is 24.1. The Hall–Kier alpha value is -1.35. The van der Waals surface area contributed by atoms with Crippen molar-refractivity contribution >= 4 is 40.2 Å². The molecule has 0 bridgehead atoms. The zero-order chi connectivity index (χ0) is 13.7. The highest BCUT2D eigenvalue weighted by Gasteiger charge is 2.18. The number of amides is 2. The monoisotopic (exact) mass is 302 g/mol. The van der Waals surface area contributed by atoms with Crippen LogP contribution in [0, 0.1) is 0 Å². The molecule has 1 aliphatic heterocycles. The van der Waals surface area contributed by atoms with Crippen LogP contribution in [0.5, 0.6) is 0 Å². The molecule has 1 aliphatic rings. The maximum Gasteiger partial charge on any atom is 0.323 e. The van der Waals surface area contributed by atoms with Gasteiger partial charge in [-0.3, -0.25) is 10.1 Å². The van der Waals surface area contributed by atoms with Gasteiger partial charge in [0, 0.05) is 13.1 Å². The smallest absolute Gasteiger partial charge is 0.323 e. The van der Waals surface area contributed by atoms with Crippen LogP contribution < -0.4 is 5.32 Å². The molecule has 1 fully saturated rings. The van der Waals surface area contributed by atoms with Gasteiger partial charge in [-0.25, -0.2) is 4.79 Å². The van der Waals surface area contributed by atoms with Gasteiger partial charge in [0.15, 0.2) is 4.34 Å². The van der Waals surface area contributed by atoms with E-state index in [0.717, 1.165) is 37.7 Å². The van der Waals surface area contributed by atoms with E-state index in [0.29, 0.717) is 9.47 Å². The molecule has 19 heavy (non-hydrogen) atoms. The molecule has 1 aromatic heterocycles. The standard InChI is InChI=1S/C10H14N4O3S2/c15-7(16)6-18-10-13-12-8(19-10)11-9(17)14-4-2-1-3-5-14/h1-6H2,(H,15,16)(H,11,12,17). The lowest BCUT2D eigenvalue weighted by Crippen LogP contribution is -2.38. The number of urea groups is 1. The van der Waals surface area contributed by atoms with Crippen LogP contribution in [0.2, 0.25) is 0 Å². The molecule has 7 nitrogen and oxygen atoms in total. The molecule has 2 heterocycles. The first-order valence-corrected chi connectivity index (χ1v) is 7.69. The number of carbonyl (C=O) groups is 2. The van der Waals surface area contributed by atoms with Gasteiger partial charge in [-0.1, -0.05) is 23.1 Å². The third kappa shape index (κ3) is 4.35. The first-order valence-electron chi connectivity index (χ1n) is 5.89. The lowest BCUT2D eigenvalue weighted by molar-refractivity contribution is -0.133. The summed E-state index contributed by atoms with van der Waals surface area (Å²) in [6.45, 7) is 1.54. The van der Waals surface area contributed by atoms with Crippen molar-refractivity contribution in [3.05, 3.63) is 0 Å². The van der Waals surface area contributed by atoms with Crippen LogP contribution in [-0.4, -0.2) is 51.0 Å². The number of hydrogen-bond donors (Lipinski definition) is 2. The minimum atomic E-state index is -0.904. The van der Waals surface area contributed by atoms with E-state index in [4.69, 9.17) is 5.11 Å². The number of carboxylic acid groups (broad SMARTS) is 1. The Morgan fingerprint density at radius 1 is 1.32 bits per heavy atom. The van der Waals surface area contributed by atoms with E-state index in [1.807, 2.05) is 0 Å². The Balaban J connectivity index is 1.84. The predicted octanol–water partition coefficient (Wildman–Crippen LogP) is 1.73. The van der Waals surface area contributed by atoms with Crippen LogP contribution in [0.3, 0.4) is 0 Å². The second kappa shape index (κ2) is 6.71. The van der Waals surface area contributed by atoms with Crippen LogP contribution in [0.1, 0.15) is 19.3 Å². The topological polar surface area (TPSA) is 95.4 Å². The number of aliphatic carboxylic acids is 1. The quantitative estimate of drug-likeness (QED) is 0.649. The third-order valence-electron chi connectivity index (χ3n) is 2.58. The lowest BCUT2D eigenvalue weighted by atomic mass is 10.1. The zero-order valence-corrected chi connectivity index (χ0v) is 11.8. The Morgan fingerprint density at radius 3 is 2.74 bits per heavy atom. The second-order valence-electron chi connectivity index (χ2n) is 4.03. The number of anilines is 1. The van der Waals surface area contributed by atoms with Crippen molar-refractivity contribution in [1.29, 1.82) is 0 Å². The largest absolute Gasteiger partial charge is 0.481 e. The molecule has 2 N–H and O–H groups in total. The van der Waals surface area contributed by atoms with Gasteiger partial charge >= 0.3 is 12.0 Å². The molecule has 9 heteroatoms. The number of carboxylic acids is 1. The highest BCUT2D eigenvalue weighted by molar-refractivity contribution is 8.01. The molecule has 0 saturated carbocycles. The molecule has 0 unspecified atom stereocenters. The first kappa shape index (κ1) is 14.1. The van der Waals surface area contributed by atoms with Crippen molar-refractivity contribution in [3.8, 4) is 0 Å². The first-order chi connectivity index (χ1) is 9.15. The summed E-state index contributed by atoms with van der Waals surface area (Å²) in [7, 11) is 0. The van der Waals surface area contributed by atoms with Crippen LogP contribution >= 0.6 is 23.1 Å². The maximum atomic E-state index is 11.9. The summed E-state index contributed by atoms with van der Waals surface area (Å²) >= 11 is 2.28. The summed E-state index contributed by atoms with van der Waals surface area (Å²) in [5, 5.41) is 19.3. The van der Waals surface area contributed by atoms with Gasteiger partial charge in [0.1, 0.15) is 0 Å². The van der Waals surface area contributed by atoms with Crippen LogP contribution in [0.25, 0.3) is 0 Å². The molecular weight excluding hydrogens is 288 g/mol. The third-order valence-corrected chi connectivity index (χ3v) is 4.54. The lowest BCUT2D eigenvalue weighted by Gasteiger charge is -2.26. The van der Waals surface area contributed by atoms with Crippen LogP contribution in [-0.2, 0) is 4.79 Å². The van der Waals surface area contributed by atoms with Crippen molar-refractivity contribution in [3.63, 3.8) is 0 Å². The Bertz CT molecular complexity index is 459. The van der Waals surface area contributed by atoms with Gasteiger partial charge in [0.2, 0.25) is 5.13 Å². The number of nitrogens with one attached hydrogen (secondary N) is 1. The number of piperidine rings is 1. The summed E-state index contributed by atoms with van der Waals surface area (Å²) in [6.07, 6.45) is 3.23. The Kier molecular flexibility index (Phi) is 4.97. The van der Waals surface area contributed by atoms with E-state index in [9.17, 15) is 9.59 Å². The van der Waals surface area contributed by atoms with Gasteiger partial charge in [0.05, 0.1) is 5.75 Å². The molecule has 2 rings (SSSR count). The summed E-state index contributed by atoms with van der Waals surface area (Å²) in [5.41, 5.74) is 0. The number of rotatable bonds is 4. The fraction of sp³-hybridized carbons (Fsp3) is 0.600. The number of carbonyl (C=O) groups excluding carboxylic acids is 1. The molecule has 0 radical (unpaired) electrons. The van der Waals surface area contributed by atoms with Gasteiger partial charge in [-0.15, -0.1) is 10.2 Å². The summed E-state index contributed by atoms with van der Waals surface area (Å²) in [6, 6.07) is -0.161. The average molecular weight is 302 g/mol. The highest BCUT2D eigenvalue weighted by atomic mass is 32.2. The zero-order valence-electron chi connectivity index (χ0n) is 10.2. The molecule has 1 saturated heterocycles. The SMILES string of the molecule is O=C(O)CSc1nnc(NC(=O)N2CCCCC2)s1. The predicted molar refractivity (Wildman–Crippen MR) is 72.7 cm³/mol. The Labute approximate surface area is 118 Å². The van der Waals surface area contributed by atoms with Crippen molar-refractivity contribution in [2.45, 2.75) is 23.6 Å². The number of thioether (sulfide) groups is 1. The molecular formula is C10H14N4O3S2. The van der Waals surface area contributed by atoms with E-state index < -0.39 is 5.97 Å². The average Bonchev–Trinajstić information content (AvgIpc) is 2.85. The molecule has 2 amide bonds. The highest BCUT2D eigenvalue weighted by Crippen LogP contribution is 2.25. The van der Waals surface area contributed by atoms with Crippen molar-refractivity contribution < 1.29 is 14.7 Å². The Morgan fingerprint density at radius 2 is 2.05 bits per heavy atom. The maximum absolute atomic E-state index is 11.9. The van der Waals surface area contributed by atoms with E-state index in [-0.39, 0.29) is 11.8 Å². The number of aromatic nitrogens is 2. The number of hydrogen-bond acceptors (Lipinski definition) is 6. The summed E-state index contributed by atoms with van der Waals surface area (Å²) in [5.74, 6) is -0.964. The number of nitrogens with zero attached hydrogens (tertiary/aromatic N) is 3. The van der Waals surface area contributed by atoms with Crippen LogP contribution in [0.15, 0.2) is 4.34 Å². The van der Waals surface area contributed by atoms with Crippen LogP contribution in [0.4, 0.5) is 9.93 Å². The van der Waals surface area contributed by atoms with E-state index in [1.165, 1.54) is 17.8 Å². The van der Waals surface area contributed by atoms with Crippen molar-refractivity contribution in [2.24, 2.45) is 0 Å². The summed E-state index contributed by atoms with van der Waals surface area (Å²) < 4.78 is 0.538.